The standard InChI is InChI=1S/C14H10FNO4S/c15-13-7-9(14(17)18)1-2-10(13)8-21-12-5-3-11(4-6-12)16(19)20/h1-7H,8H2,(H,17,18). The normalized spacial score (nSPS) is 10.3. The van der Waals surface area contributed by atoms with Gasteiger partial charge in [-0.05, 0) is 29.8 Å². The zero-order valence-electron chi connectivity index (χ0n) is 10.7. The smallest absolute Gasteiger partial charge is 0.335 e. The first-order valence-electron chi connectivity index (χ1n) is 5.86. The van der Waals surface area contributed by atoms with Crippen LogP contribution in [0.5, 0.6) is 0 Å². The van der Waals surface area contributed by atoms with Gasteiger partial charge in [-0.1, -0.05) is 6.07 Å². The lowest BCUT2D eigenvalue weighted by Crippen LogP contribution is -1.98. The molecule has 0 fully saturated rings. The third-order valence-corrected chi connectivity index (χ3v) is 3.80. The van der Waals surface area contributed by atoms with Gasteiger partial charge in [0.05, 0.1) is 10.5 Å². The number of carboxylic acid groups (broad SMARTS) is 1. The Bertz CT molecular complexity index is 688. The van der Waals surface area contributed by atoms with Crippen LogP contribution in [0, 0.1) is 15.9 Å². The zero-order valence-corrected chi connectivity index (χ0v) is 11.5. The van der Waals surface area contributed by atoms with E-state index in [1.807, 2.05) is 0 Å². The third-order valence-electron chi connectivity index (χ3n) is 2.74. The van der Waals surface area contributed by atoms with Gasteiger partial charge < -0.3 is 5.11 Å². The van der Waals surface area contributed by atoms with E-state index in [1.165, 1.54) is 36.0 Å². The van der Waals surface area contributed by atoms with Crippen LogP contribution in [0.15, 0.2) is 47.4 Å². The predicted molar refractivity (Wildman–Crippen MR) is 76.0 cm³/mol. The number of hydrogen-bond donors (Lipinski definition) is 1. The van der Waals surface area contributed by atoms with Crippen LogP contribution in [-0.2, 0) is 5.75 Å². The van der Waals surface area contributed by atoms with Crippen LogP contribution in [0.25, 0.3) is 0 Å². The quantitative estimate of drug-likeness (QED) is 0.517. The lowest BCUT2D eigenvalue weighted by atomic mass is 10.1. The summed E-state index contributed by atoms with van der Waals surface area (Å²) in [7, 11) is 0. The zero-order chi connectivity index (χ0) is 15.4. The SMILES string of the molecule is O=C(O)c1ccc(CSc2ccc([N+](=O)[O-])cc2)c(F)c1. The Labute approximate surface area is 123 Å². The summed E-state index contributed by atoms with van der Waals surface area (Å²) in [6.07, 6.45) is 0. The molecule has 0 unspecified atom stereocenters. The number of halogens is 1. The van der Waals surface area contributed by atoms with E-state index in [2.05, 4.69) is 0 Å². The van der Waals surface area contributed by atoms with Gasteiger partial charge >= 0.3 is 5.97 Å². The largest absolute Gasteiger partial charge is 0.478 e. The first kappa shape index (κ1) is 15.0. The second kappa shape index (κ2) is 6.36. The molecule has 0 spiro atoms. The number of benzene rings is 2. The van der Waals surface area contributed by atoms with E-state index >= 15 is 0 Å². The highest BCUT2D eigenvalue weighted by Gasteiger charge is 2.09. The fourth-order valence-electron chi connectivity index (χ4n) is 1.62. The summed E-state index contributed by atoms with van der Waals surface area (Å²) >= 11 is 1.31. The molecule has 0 radical (unpaired) electrons. The minimum Gasteiger partial charge on any atom is -0.478 e. The number of non-ortho nitro benzene ring substituents is 1. The molecule has 0 aliphatic carbocycles. The number of nitro groups is 1. The molecule has 0 heterocycles. The molecule has 1 N–H and O–H groups in total. The van der Waals surface area contributed by atoms with Gasteiger partial charge in [0, 0.05) is 22.8 Å². The minimum absolute atomic E-state index is 0.00339. The van der Waals surface area contributed by atoms with Gasteiger partial charge in [-0.25, -0.2) is 9.18 Å². The highest BCUT2D eigenvalue weighted by Crippen LogP contribution is 2.26. The summed E-state index contributed by atoms with van der Waals surface area (Å²) in [5, 5.41) is 19.3. The molecule has 0 aromatic heterocycles. The van der Waals surface area contributed by atoms with Crippen LogP contribution in [0.2, 0.25) is 0 Å². The fourth-order valence-corrected chi connectivity index (χ4v) is 2.51. The van der Waals surface area contributed by atoms with Crippen LogP contribution >= 0.6 is 11.8 Å². The van der Waals surface area contributed by atoms with Gasteiger partial charge in [0.1, 0.15) is 5.82 Å². The summed E-state index contributed by atoms with van der Waals surface area (Å²) in [6.45, 7) is 0. The van der Waals surface area contributed by atoms with Crippen molar-refractivity contribution in [1.82, 2.24) is 0 Å². The van der Waals surface area contributed by atoms with Crippen molar-refractivity contribution < 1.29 is 19.2 Å². The van der Waals surface area contributed by atoms with Crippen LogP contribution < -0.4 is 0 Å². The highest BCUT2D eigenvalue weighted by atomic mass is 32.2. The van der Waals surface area contributed by atoms with Crippen LogP contribution in [0.1, 0.15) is 15.9 Å². The van der Waals surface area contributed by atoms with Crippen molar-refractivity contribution in [2.24, 2.45) is 0 Å². The summed E-state index contributed by atoms with van der Waals surface area (Å²) in [4.78, 5) is 21.5. The van der Waals surface area contributed by atoms with Gasteiger partial charge in [0.15, 0.2) is 0 Å². The van der Waals surface area contributed by atoms with E-state index in [1.54, 1.807) is 12.1 Å². The maximum atomic E-state index is 13.7. The van der Waals surface area contributed by atoms with Crippen LogP contribution in [0.4, 0.5) is 10.1 Å². The number of thioether (sulfide) groups is 1. The number of nitro benzene ring substituents is 1. The molecular formula is C14H10FNO4S. The van der Waals surface area contributed by atoms with Gasteiger partial charge in [0.2, 0.25) is 0 Å². The van der Waals surface area contributed by atoms with Crippen molar-refractivity contribution in [1.29, 1.82) is 0 Å². The highest BCUT2D eigenvalue weighted by molar-refractivity contribution is 7.98. The maximum absolute atomic E-state index is 13.7. The summed E-state index contributed by atoms with van der Waals surface area (Å²) in [5.74, 6) is -1.45. The van der Waals surface area contributed by atoms with E-state index in [9.17, 15) is 19.3 Å². The molecule has 21 heavy (non-hydrogen) atoms. The van der Waals surface area contributed by atoms with Gasteiger partial charge in [-0.3, -0.25) is 10.1 Å². The second-order valence-electron chi connectivity index (χ2n) is 4.15. The molecule has 108 valence electrons. The van der Waals surface area contributed by atoms with E-state index in [4.69, 9.17) is 5.11 Å². The van der Waals surface area contributed by atoms with Gasteiger partial charge in [-0.2, -0.15) is 0 Å². The van der Waals surface area contributed by atoms with E-state index in [-0.39, 0.29) is 11.3 Å². The lowest BCUT2D eigenvalue weighted by molar-refractivity contribution is -0.384. The molecule has 0 aliphatic rings. The predicted octanol–water partition coefficient (Wildman–Crippen LogP) is 3.72. The molecule has 0 bridgehead atoms. The van der Waals surface area contributed by atoms with E-state index in [0.717, 1.165) is 11.0 Å². The number of nitrogens with zero attached hydrogens (tertiary/aromatic N) is 1. The molecule has 0 amide bonds. The van der Waals surface area contributed by atoms with Crippen LogP contribution in [-0.4, -0.2) is 16.0 Å². The maximum Gasteiger partial charge on any atom is 0.335 e. The minimum atomic E-state index is -1.18. The Balaban J connectivity index is 2.06. The lowest BCUT2D eigenvalue weighted by Gasteiger charge is -2.04. The van der Waals surface area contributed by atoms with Gasteiger partial charge in [-0.15, -0.1) is 11.8 Å². The third kappa shape index (κ3) is 3.79. The summed E-state index contributed by atoms with van der Waals surface area (Å²) < 4.78 is 13.7. The Hall–Kier alpha value is -2.41. The fraction of sp³-hybridized carbons (Fsp3) is 0.0714. The summed E-state index contributed by atoms with van der Waals surface area (Å²) in [5.41, 5.74) is 0.274. The number of aromatic carboxylic acids is 1. The van der Waals surface area contributed by atoms with E-state index in [0.29, 0.717) is 11.3 Å². The van der Waals surface area contributed by atoms with Crippen molar-refractivity contribution in [2.75, 3.05) is 0 Å². The average Bonchev–Trinajstić information content (AvgIpc) is 2.46. The molecule has 0 saturated heterocycles. The molecular weight excluding hydrogens is 297 g/mol. The first-order chi connectivity index (χ1) is 9.97. The monoisotopic (exact) mass is 307 g/mol. The summed E-state index contributed by atoms with van der Waals surface area (Å²) in [6, 6.07) is 9.69. The van der Waals surface area contributed by atoms with Gasteiger partial charge in [0.25, 0.3) is 5.69 Å². The molecule has 0 saturated carbocycles. The molecule has 0 atom stereocenters. The molecule has 2 aromatic carbocycles. The Morgan fingerprint density at radius 3 is 2.43 bits per heavy atom. The Morgan fingerprint density at radius 2 is 1.90 bits per heavy atom. The molecule has 2 rings (SSSR count). The number of carbonyl (C=O) groups is 1. The second-order valence-corrected chi connectivity index (χ2v) is 5.20. The van der Waals surface area contributed by atoms with E-state index < -0.39 is 16.7 Å². The van der Waals surface area contributed by atoms with Crippen LogP contribution in [0.3, 0.4) is 0 Å². The number of carboxylic acids is 1. The van der Waals surface area contributed by atoms with Crippen molar-refractivity contribution in [3.05, 3.63) is 69.5 Å². The van der Waals surface area contributed by atoms with Crippen molar-refractivity contribution in [3.8, 4) is 0 Å². The number of rotatable bonds is 5. The molecule has 7 heteroatoms. The molecule has 2 aromatic rings. The topological polar surface area (TPSA) is 80.4 Å². The Kier molecular flexibility index (Phi) is 4.54. The Morgan fingerprint density at radius 1 is 1.24 bits per heavy atom. The molecule has 5 nitrogen and oxygen atoms in total. The first-order valence-corrected chi connectivity index (χ1v) is 6.85. The van der Waals surface area contributed by atoms with Crippen molar-refractivity contribution in [2.45, 2.75) is 10.6 Å². The van der Waals surface area contributed by atoms with Crippen molar-refractivity contribution >= 4 is 23.4 Å². The average molecular weight is 307 g/mol. The molecule has 0 aliphatic heterocycles. The number of hydrogen-bond acceptors (Lipinski definition) is 4. The van der Waals surface area contributed by atoms with Crippen molar-refractivity contribution in [3.63, 3.8) is 0 Å².